The number of nitrogens with one attached hydrogen (secondary N) is 2. The molecule has 0 saturated carbocycles. The molecular weight excluding hydrogens is 634 g/mol. The molecule has 0 aliphatic carbocycles. The molecule has 1 aromatic rings. The van der Waals surface area contributed by atoms with E-state index in [0.717, 1.165) is 63.3 Å². The first-order valence-corrected chi connectivity index (χ1v) is 17.5. The first-order valence-electron chi connectivity index (χ1n) is 17.5. The van der Waals surface area contributed by atoms with Crippen molar-refractivity contribution in [2.75, 3.05) is 84.2 Å². The van der Waals surface area contributed by atoms with Crippen molar-refractivity contribution in [2.24, 2.45) is 5.41 Å². The van der Waals surface area contributed by atoms with E-state index in [9.17, 15) is 24.0 Å². The van der Waals surface area contributed by atoms with E-state index in [0.29, 0.717) is 57.3 Å². The maximum atomic E-state index is 13.2. The van der Waals surface area contributed by atoms with Crippen LogP contribution in [-0.4, -0.2) is 135 Å². The zero-order chi connectivity index (χ0) is 35.0. The molecule has 14 nitrogen and oxygen atoms in total. The summed E-state index contributed by atoms with van der Waals surface area (Å²) >= 11 is 0. The number of anilines is 1. The minimum Gasteiger partial charge on any atom is -0.444 e. The number of nitrogens with zero attached hydrogens (tertiary/aromatic N) is 3. The quantitative estimate of drug-likeness (QED) is 0.219. The highest BCUT2D eigenvalue weighted by Crippen LogP contribution is 2.41. The molecule has 5 rings (SSSR count). The van der Waals surface area contributed by atoms with Crippen LogP contribution in [0, 0.1) is 5.41 Å². The largest absolute Gasteiger partial charge is 0.444 e. The van der Waals surface area contributed by atoms with Gasteiger partial charge in [0.15, 0.2) is 0 Å². The molecule has 2 N–H and O–H groups in total. The molecule has 3 fully saturated rings. The fourth-order valence-corrected chi connectivity index (χ4v) is 6.90. The number of carbonyl (C=O) groups excluding carboxylic acids is 5. The number of hydrogen-bond acceptors (Lipinski definition) is 11. The molecule has 0 aromatic heterocycles. The Morgan fingerprint density at radius 1 is 0.878 bits per heavy atom. The van der Waals surface area contributed by atoms with Gasteiger partial charge in [0.1, 0.15) is 11.6 Å². The third-order valence-corrected chi connectivity index (χ3v) is 9.72. The normalized spacial score (nSPS) is 21.2. The summed E-state index contributed by atoms with van der Waals surface area (Å²) in [4.78, 5) is 67.7. The van der Waals surface area contributed by atoms with Crippen LogP contribution in [0.15, 0.2) is 18.2 Å². The van der Waals surface area contributed by atoms with Crippen LogP contribution in [-0.2, 0) is 28.5 Å². The lowest BCUT2D eigenvalue weighted by atomic mass is 9.71. The van der Waals surface area contributed by atoms with Crippen LogP contribution in [0.4, 0.5) is 10.5 Å². The molecular formula is C35H51N5O9. The van der Waals surface area contributed by atoms with Gasteiger partial charge in [0.05, 0.1) is 50.8 Å². The van der Waals surface area contributed by atoms with Gasteiger partial charge in [-0.05, 0) is 83.5 Å². The van der Waals surface area contributed by atoms with Crippen LogP contribution in [0.3, 0.4) is 0 Å². The lowest BCUT2D eigenvalue weighted by Crippen LogP contribution is -2.54. The number of rotatable bonds is 14. The number of benzene rings is 1. The number of fused-ring (bicyclic) bond motifs is 1. The molecule has 0 radical (unpaired) electrons. The lowest BCUT2D eigenvalue weighted by Gasteiger charge is -2.46. The SMILES string of the molecule is CC(C)(C)OC(=O)N1CCC2(CCN(CCOCCOCCOCCNc3cccc4c3C(=O)N(C3CCC(=O)NC3=O)C4=O)CC2)CC1. The second-order valence-corrected chi connectivity index (χ2v) is 14.2. The summed E-state index contributed by atoms with van der Waals surface area (Å²) in [5.74, 6) is -2.13. The molecule has 4 heterocycles. The van der Waals surface area contributed by atoms with Crippen molar-refractivity contribution in [1.29, 1.82) is 0 Å². The van der Waals surface area contributed by atoms with E-state index >= 15 is 0 Å². The summed E-state index contributed by atoms with van der Waals surface area (Å²) in [7, 11) is 0. The van der Waals surface area contributed by atoms with Crippen LogP contribution in [0.1, 0.15) is 80.0 Å². The standard InChI is InChI=1S/C35H51N5O9/c1-34(2,3)49-33(45)39-16-11-35(12-17-39)9-14-38(15-10-35)18-20-47-22-24-48-23-21-46-19-13-36-26-6-4-5-25-29(26)32(44)40(31(25)43)27-7-8-28(41)37-30(27)42/h4-6,27,36H,7-24H2,1-3H3,(H,37,41,42). The zero-order valence-electron chi connectivity index (χ0n) is 29.1. The smallest absolute Gasteiger partial charge is 0.410 e. The highest BCUT2D eigenvalue weighted by atomic mass is 16.6. The fourth-order valence-electron chi connectivity index (χ4n) is 6.90. The van der Waals surface area contributed by atoms with E-state index in [4.69, 9.17) is 18.9 Å². The summed E-state index contributed by atoms with van der Waals surface area (Å²) in [6.45, 7) is 13.5. The van der Waals surface area contributed by atoms with Gasteiger partial charge >= 0.3 is 6.09 Å². The minimum absolute atomic E-state index is 0.0736. The second kappa shape index (κ2) is 16.4. The van der Waals surface area contributed by atoms with Crippen LogP contribution < -0.4 is 10.6 Å². The molecule has 1 atom stereocenters. The number of carbonyl (C=O) groups is 5. The van der Waals surface area contributed by atoms with E-state index in [1.54, 1.807) is 18.2 Å². The van der Waals surface area contributed by atoms with Crippen molar-refractivity contribution >= 4 is 35.4 Å². The fraction of sp³-hybridized carbons (Fsp3) is 0.686. The van der Waals surface area contributed by atoms with Crippen molar-refractivity contribution in [3.05, 3.63) is 29.3 Å². The summed E-state index contributed by atoms with van der Waals surface area (Å²) < 4.78 is 22.6. The highest BCUT2D eigenvalue weighted by Gasteiger charge is 2.45. The maximum absolute atomic E-state index is 13.2. The minimum atomic E-state index is -1.00. The number of ether oxygens (including phenoxy) is 4. The van der Waals surface area contributed by atoms with Crippen LogP contribution in [0.5, 0.6) is 0 Å². The number of likely N-dealkylation sites (tertiary alicyclic amines) is 2. The van der Waals surface area contributed by atoms with Crippen molar-refractivity contribution in [3.63, 3.8) is 0 Å². The van der Waals surface area contributed by atoms with Gasteiger partial charge in [0.2, 0.25) is 11.8 Å². The predicted molar refractivity (Wildman–Crippen MR) is 179 cm³/mol. The summed E-state index contributed by atoms with van der Waals surface area (Å²) in [6, 6.07) is 3.95. The van der Waals surface area contributed by atoms with Gasteiger partial charge < -0.3 is 34.1 Å². The first-order chi connectivity index (χ1) is 23.5. The topological polar surface area (TPSA) is 156 Å². The zero-order valence-corrected chi connectivity index (χ0v) is 29.1. The highest BCUT2D eigenvalue weighted by molar-refractivity contribution is 6.25. The first kappa shape index (κ1) is 36.7. The summed E-state index contributed by atoms with van der Waals surface area (Å²) in [5.41, 5.74) is 0.822. The molecule has 1 unspecified atom stereocenters. The Kier molecular flexibility index (Phi) is 12.3. The van der Waals surface area contributed by atoms with E-state index < -0.39 is 35.3 Å². The Morgan fingerprint density at radius 2 is 1.51 bits per heavy atom. The Bertz CT molecular complexity index is 1360. The van der Waals surface area contributed by atoms with Crippen LogP contribution in [0.2, 0.25) is 0 Å². The van der Waals surface area contributed by atoms with Crippen molar-refractivity contribution in [3.8, 4) is 0 Å². The number of piperidine rings is 3. The molecule has 0 bridgehead atoms. The van der Waals surface area contributed by atoms with Gasteiger partial charge in [-0.3, -0.25) is 29.4 Å². The Hall–Kier alpha value is -3.59. The molecule has 14 heteroatoms. The number of hydrogen-bond donors (Lipinski definition) is 2. The van der Waals surface area contributed by atoms with Crippen molar-refractivity contribution in [2.45, 2.75) is 70.9 Å². The third kappa shape index (κ3) is 9.56. The lowest BCUT2D eigenvalue weighted by molar-refractivity contribution is -0.136. The molecule has 4 aliphatic rings. The summed E-state index contributed by atoms with van der Waals surface area (Å²) in [6.07, 6.45) is 4.38. The van der Waals surface area contributed by atoms with Crippen LogP contribution in [0.25, 0.3) is 0 Å². The van der Waals surface area contributed by atoms with E-state index in [1.165, 1.54) is 0 Å². The van der Waals surface area contributed by atoms with Crippen LogP contribution >= 0.6 is 0 Å². The molecule has 1 aromatic carbocycles. The maximum Gasteiger partial charge on any atom is 0.410 e. The Balaban J connectivity index is 0.878. The van der Waals surface area contributed by atoms with E-state index in [2.05, 4.69) is 15.5 Å². The van der Waals surface area contributed by atoms with Gasteiger partial charge in [0, 0.05) is 38.3 Å². The van der Waals surface area contributed by atoms with E-state index in [1.807, 2.05) is 25.7 Å². The molecule has 4 aliphatic heterocycles. The molecule has 3 saturated heterocycles. The van der Waals surface area contributed by atoms with Crippen molar-refractivity contribution < 1.29 is 42.9 Å². The Labute approximate surface area is 288 Å². The van der Waals surface area contributed by atoms with Gasteiger partial charge in [0.25, 0.3) is 11.8 Å². The average Bonchev–Trinajstić information content (AvgIpc) is 3.31. The van der Waals surface area contributed by atoms with Crippen molar-refractivity contribution in [1.82, 2.24) is 20.0 Å². The van der Waals surface area contributed by atoms with Gasteiger partial charge in [-0.1, -0.05) is 6.07 Å². The predicted octanol–water partition coefficient (Wildman–Crippen LogP) is 2.66. The van der Waals surface area contributed by atoms with Gasteiger partial charge in [-0.2, -0.15) is 0 Å². The number of amides is 5. The molecule has 49 heavy (non-hydrogen) atoms. The molecule has 1 spiro atoms. The molecule has 5 amide bonds. The summed E-state index contributed by atoms with van der Waals surface area (Å²) in [5, 5.41) is 5.36. The Morgan fingerprint density at radius 3 is 2.16 bits per heavy atom. The monoisotopic (exact) mass is 685 g/mol. The second-order valence-electron chi connectivity index (χ2n) is 14.2. The molecule has 270 valence electrons. The number of imide groups is 2. The van der Waals surface area contributed by atoms with E-state index in [-0.39, 0.29) is 30.1 Å². The van der Waals surface area contributed by atoms with Gasteiger partial charge in [-0.15, -0.1) is 0 Å². The third-order valence-electron chi connectivity index (χ3n) is 9.72. The van der Waals surface area contributed by atoms with Gasteiger partial charge in [-0.25, -0.2) is 4.79 Å². The average molecular weight is 686 g/mol.